The summed E-state index contributed by atoms with van der Waals surface area (Å²) in [7, 11) is 0. The number of hydrogen-bond donors (Lipinski definition) is 3. The molecule has 1 atom stereocenters. The molecule has 84 valence electrons. The predicted molar refractivity (Wildman–Crippen MR) is 51.2 cm³/mol. The number of nitrogens with zero attached hydrogens (tertiary/aromatic N) is 3. The third kappa shape index (κ3) is 2.74. The molecule has 0 amide bonds. The van der Waals surface area contributed by atoms with E-state index in [2.05, 4.69) is 10.3 Å². The minimum absolute atomic E-state index is 0.0639. The van der Waals surface area contributed by atoms with Gasteiger partial charge in [0.25, 0.3) is 0 Å². The van der Waals surface area contributed by atoms with Gasteiger partial charge in [0.05, 0.1) is 11.8 Å². The van der Waals surface area contributed by atoms with Crippen LogP contribution in [0.15, 0.2) is 0 Å². The lowest BCUT2D eigenvalue weighted by Crippen LogP contribution is -2.15. The van der Waals surface area contributed by atoms with Gasteiger partial charge < -0.3 is 15.9 Å². The molecule has 0 saturated carbocycles. The largest absolute Gasteiger partial charge is 0.476 e. The first-order chi connectivity index (χ1) is 7.06. The van der Waals surface area contributed by atoms with Crippen molar-refractivity contribution in [2.75, 3.05) is 0 Å². The van der Waals surface area contributed by atoms with Crippen LogP contribution in [-0.4, -0.2) is 37.3 Å². The maximum absolute atomic E-state index is 10.7. The van der Waals surface area contributed by atoms with E-state index in [9.17, 15) is 4.79 Å². The number of rotatable bonds is 5. The normalized spacial score (nSPS) is 12.7. The van der Waals surface area contributed by atoms with Crippen molar-refractivity contribution in [3.8, 4) is 0 Å². The molecule has 0 saturated heterocycles. The Hall–Kier alpha value is -1.47. The number of aromatic nitrogens is 3. The highest BCUT2D eigenvalue weighted by atomic mass is 16.4. The van der Waals surface area contributed by atoms with Crippen LogP contribution in [0.1, 0.15) is 29.5 Å². The molecular weight excluding hydrogens is 200 g/mol. The van der Waals surface area contributed by atoms with Crippen LogP contribution in [0.3, 0.4) is 0 Å². The fourth-order valence-electron chi connectivity index (χ4n) is 1.19. The topological polar surface area (TPSA) is 114 Å². The Bertz CT molecular complexity index is 348. The monoisotopic (exact) mass is 214 g/mol. The van der Waals surface area contributed by atoms with Crippen LogP contribution in [-0.2, 0) is 13.1 Å². The van der Waals surface area contributed by atoms with E-state index in [4.69, 9.17) is 15.9 Å². The van der Waals surface area contributed by atoms with Crippen molar-refractivity contribution in [1.29, 1.82) is 0 Å². The zero-order valence-corrected chi connectivity index (χ0v) is 8.42. The summed E-state index contributed by atoms with van der Waals surface area (Å²) in [5.41, 5.74) is 5.67. The van der Waals surface area contributed by atoms with Crippen LogP contribution >= 0.6 is 0 Å². The SMILES string of the molecule is CC(O)CCn1nnc(C(=O)O)c1CN. The molecule has 0 aliphatic rings. The van der Waals surface area contributed by atoms with Crippen molar-refractivity contribution in [2.24, 2.45) is 5.73 Å². The van der Waals surface area contributed by atoms with Gasteiger partial charge in [0.2, 0.25) is 0 Å². The maximum atomic E-state index is 10.7. The molecule has 1 rings (SSSR count). The molecule has 0 bridgehead atoms. The molecule has 0 aliphatic heterocycles. The summed E-state index contributed by atoms with van der Waals surface area (Å²) in [6.07, 6.45) is 0.0168. The maximum Gasteiger partial charge on any atom is 0.358 e. The average Bonchev–Trinajstić information content (AvgIpc) is 2.57. The number of nitrogens with two attached hydrogens (primary N) is 1. The molecule has 0 fully saturated rings. The highest BCUT2D eigenvalue weighted by Gasteiger charge is 2.17. The minimum atomic E-state index is -1.14. The van der Waals surface area contributed by atoms with Gasteiger partial charge in [0.15, 0.2) is 5.69 Å². The number of carbonyl (C=O) groups is 1. The van der Waals surface area contributed by atoms with Gasteiger partial charge in [-0.15, -0.1) is 5.10 Å². The molecule has 15 heavy (non-hydrogen) atoms. The summed E-state index contributed by atoms with van der Waals surface area (Å²) in [5, 5.41) is 25.0. The molecule has 0 spiro atoms. The third-order valence-electron chi connectivity index (χ3n) is 1.99. The van der Waals surface area contributed by atoms with Gasteiger partial charge in [-0.05, 0) is 13.3 Å². The first-order valence-corrected chi connectivity index (χ1v) is 4.60. The molecule has 0 aromatic carbocycles. The van der Waals surface area contributed by atoms with Gasteiger partial charge in [-0.2, -0.15) is 0 Å². The Kier molecular flexibility index (Phi) is 3.75. The molecule has 0 radical (unpaired) electrons. The van der Waals surface area contributed by atoms with Crippen molar-refractivity contribution in [2.45, 2.75) is 32.5 Å². The lowest BCUT2D eigenvalue weighted by molar-refractivity contribution is 0.0689. The number of hydrogen-bond acceptors (Lipinski definition) is 5. The van der Waals surface area contributed by atoms with E-state index < -0.39 is 12.1 Å². The van der Waals surface area contributed by atoms with Gasteiger partial charge in [-0.1, -0.05) is 5.21 Å². The Morgan fingerprint density at radius 2 is 2.33 bits per heavy atom. The molecular formula is C8H14N4O3. The summed E-state index contributed by atoms with van der Waals surface area (Å²) < 4.78 is 1.41. The number of carboxylic acids is 1. The fourth-order valence-corrected chi connectivity index (χ4v) is 1.19. The van der Waals surface area contributed by atoms with Crippen molar-refractivity contribution in [1.82, 2.24) is 15.0 Å². The number of carboxylic acid groups (broad SMARTS) is 1. The zero-order valence-electron chi connectivity index (χ0n) is 8.42. The molecule has 1 aromatic heterocycles. The molecule has 1 unspecified atom stereocenters. The molecule has 7 heteroatoms. The van der Waals surface area contributed by atoms with Crippen LogP contribution in [0.2, 0.25) is 0 Å². The third-order valence-corrected chi connectivity index (χ3v) is 1.99. The van der Waals surface area contributed by atoms with Crippen molar-refractivity contribution < 1.29 is 15.0 Å². The Morgan fingerprint density at radius 3 is 2.80 bits per heavy atom. The molecule has 7 nitrogen and oxygen atoms in total. The van der Waals surface area contributed by atoms with E-state index in [1.165, 1.54) is 4.68 Å². The van der Waals surface area contributed by atoms with Crippen LogP contribution in [0.5, 0.6) is 0 Å². The minimum Gasteiger partial charge on any atom is -0.476 e. The van der Waals surface area contributed by atoms with Crippen molar-refractivity contribution >= 4 is 5.97 Å². The van der Waals surface area contributed by atoms with Crippen LogP contribution in [0.25, 0.3) is 0 Å². The standard InChI is InChI=1S/C8H14N4O3/c1-5(13)2-3-12-6(4-9)7(8(14)15)10-11-12/h5,13H,2-4,9H2,1H3,(H,14,15). The fraction of sp³-hybridized carbons (Fsp3) is 0.625. The van der Waals surface area contributed by atoms with Crippen LogP contribution in [0, 0.1) is 0 Å². The molecule has 1 heterocycles. The molecule has 4 N–H and O–H groups in total. The molecule has 1 aromatic rings. The van der Waals surface area contributed by atoms with Gasteiger partial charge in [0, 0.05) is 13.1 Å². The quantitative estimate of drug-likeness (QED) is 0.591. The summed E-state index contributed by atoms with van der Waals surface area (Å²) in [6, 6.07) is 0. The second-order valence-corrected chi connectivity index (χ2v) is 3.25. The average molecular weight is 214 g/mol. The summed E-state index contributed by atoms with van der Waals surface area (Å²) in [4.78, 5) is 10.7. The number of aromatic carboxylic acids is 1. The Balaban J connectivity index is 2.84. The Labute approximate surface area is 86.5 Å². The second-order valence-electron chi connectivity index (χ2n) is 3.25. The summed E-state index contributed by atoms with van der Waals surface area (Å²) >= 11 is 0. The highest BCUT2D eigenvalue weighted by molar-refractivity contribution is 5.86. The first kappa shape index (κ1) is 11.6. The van der Waals surface area contributed by atoms with Gasteiger partial charge in [-0.3, -0.25) is 0 Å². The lowest BCUT2D eigenvalue weighted by Gasteiger charge is -2.06. The van der Waals surface area contributed by atoms with Crippen LogP contribution in [0.4, 0.5) is 0 Å². The second kappa shape index (κ2) is 4.85. The zero-order chi connectivity index (χ0) is 11.4. The smallest absolute Gasteiger partial charge is 0.358 e. The Morgan fingerprint density at radius 1 is 1.67 bits per heavy atom. The van der Waals surface area contributed by atoms with Crippen molar-refractivity contribution in [3.05, 3.63) is 11.4 Å². The highest BCUT2D eigenvalue weighted by Crippen LogP contribution is 2.06. The van der Waals surface area contributed by atoms with Gasteiger partial charge >= 0.3 is 5.97 Å². The summed E-state index contributed by atoms with van der Waals surface area (Å²) in [5.74, 6) is -1.14. The number of aliphatic hydroxyl groups excluding tert-OH is 1. The van der Waals surface area contributed by atoms with E-state index in [1.54, 1.807) is 6.92 Å². The van der Waals surface area contributed by atoms with Gasteiger partial charge in [0.1, 0.15) is 0 Å². The lowest BCUT2D eigenvalue weighted by atomic mass is 10.2. The van der Waals surface area contributed by atoms with E-state index in [0.29, 0.717) is 18.7 Å². The number of aliphatic hydroxyl groups is 1. The van der Waals surface area contributed by atoms with E-state index >= 15 is 0 Å². The van der Waals surface area contributed by atoms with Crippen molar-refractivity contribution in [3.63, 3.8) is 0 Å². The van der Waals surface area contributed by atoms with Gasteiger partial charge in [-0.25, -0.2) is 9.48 Å². The summed E-state index contributed by atoms with van der Waals surface area (Å²) in [6.45, 7) is 2.12. The predicted octanol–water partition coefficient (Wildman–Crippen LogP) is -0.794. The van der Waals surface area contributed by atoms with E-state index in [1.807, 2.05) is 0 Å². The number of aryl methyl sites for hydroxylation is 1. The van der Waals surface area contributed by atoms with Crippen LogP contribution < -0.4 is 5.73 Å². The first-order valence-electron chi connectivity index (χ1n) is 4.60. The molecule has 0 aliphatic carbocycles. The van der Waals surface area contributed by atoms with E-state index in [-0.39, 0.29) is 12.2 Å². The van der Waals surface area contributed by atoms with E-state index in [0.717, 1.165) is 0 Å².